The fourth-order valence-electron chi connectivity index (χ4n) is 11.4. The number of fused-ring (bicyclic) bond motifs is 18. The molecule has 1 spiro atoms. The largest absolute Gasteiger partial charge is 0.135 e. The average Bonchev–Trinajstić information content (AvgIpc) is 3.93. The second kappa shape index (κ2) is 11.9. The van der Waals surface area contributed by atoms with Crippen molar-refractivity contribution in [1.29, 1.82) is 0 Å². The molecule has 0 fully saturated rings. The first-order chi connectivity index (χ1) is 29.8. The summed E-state index contributed by atoms with van der Waals surface area (Å²) in [6.45, 7) is 0. The van der Waals surface area contributed by atoms with Crippen molar-refractivity contribution in [2.75, 3.05) is 0 Å². The van der Waals surface area contributed by atoms with E-state index in [0.29, 0.717) is 0 Å². The third-order valence-corrected chi connectivity index (χ3v) is 15.0. The van der Waals surface area contributed by atoms with Crippen molar-refractivity contribution < 1.29 is 0 Å². The van der Waals surface area contributed by atoms with Gasteiger partial charge < -0.3 is 0 Å². The molecular formula is C59H34S. The van der Waals surface area contributed by atoms with Crippen LogP contribution in [-0.2, 0) is 5.41 Å². The summed E-state index contributed by atoms with van der Waals surface area (Å²) in [5.41, 5.74) is 15.5. The molecule has 0 aliphatic heterocycles. The van der Waals surface area contributed by atoms with Crippen LogP contribution in [-0.4, -0.2) is 0 Å². The normalized spacial score (nSPS) is 13.5. The minimum atomic E-state index is -0.432. The lowest BCUT2D eigenvalue weighted by molar-refractivity contribution is 0.802. The summed E-state index contributed by atoms with van der Waals surface area (Å²) >= 11 is 1.88. The maximum Gasteiger partial charge on any atom is 0.0731 e. The zero-order valence-corrected chi connectivity index (χ0v) is 33.4. The highest BCUT2D eigenvalue weighted by Crippen LogP contribution is 2.64. The molecule has 11 aromatic carbocycles. The Labute approximate surface area is 351 Å². The zero-order valence-electron chi connectivity index (χ0n) is 32.5. The van der Waals surface area contributed by atoms with Crippen LogP contribution in [0.2, 0.25) is 0 Å². The molecule has 2 aliphatic carbocycles. The van der Waals surface area contributed by atoms with Crippen molar-refractivity contribution in [3.63, 3.8) is 0 Å². The van der Waals surface area contributed by atoms with E-state index in [-0.39, 0.29) is 0 Å². The van der Waals surface area contributed by atoms with E-state index in [9.17, 15) is 0 Å². The summed E-state index contributed by atoms with van der Waals surface area (Å²) in [4.78, 5) is 0. The molecule has 14 rings (SSSR count). The van der Waals surface area contributed by atoms with Crippen molar-refractivity contribution in [2.45, 2.75) is 5.41 Å². The molecule has 2 aliphatic rings. The standard InChI is InChI=1S/C59H34S/c1-2-14-40-35(13-1)27-29-48-49-32-36-25-26-37(31-39(36)34-53(49)59(58(40)48)51-22-10-7-15-41(51)42-16-8-11-23-52(42)59)56-44-18-3-5-20-46(44)57(47-21-6-4-19-45(47)56)38-28-30-55-50(33-38)43-17-9-12-24-54(43)60-55/h1-34H. The van der Waals surface area contributed by atoms with Gasteiger partial charge in [0.25, 0.3) is 0 Å². The van der Waals surface area contributed by atoms with Gasteiger partial charge in [-0.25, -0.2) is 0 Å². The highest BCUT2D eigenvalue weighted by Gasteiger charge is 2.52. The molecule has 0 nitrogen and oxygen atoms in total. The van der Waals surface area contributed by atoms with Gasteiger partial charge in [-0.15, -0.1) is 11.3 Å². The summed E-state index contributed by atoms with van der Waals surface area (Å²) in [6, 6.07) is 78.2. The van der Waals surface area contributed by atoms with Gasteiger partial charge in [0.1, 0.15) is 0 Å². The van der Waals surface area contributed by atoms with Gasteiger partial charge in [0.05, 0.1) is 5.41 Å². The van der Waals surface area contributed by atoms with Gasteiger partial charge in [-0.2, -0.15) is 0 Å². The lowest BCUT2D eigenvalue weighted by Crippen LogP contribution is -2.26. The van der Waals surface area contributed by atoms with Crippen LogP contribution in [0.1, 0.15) is 22.3 Å². The molecule has 0 radical (unpaired) electrons. The Morgan fingerprint density at radius 3 is 1.52 bits per heavy atom. The smallest absolute Gasteiger partial charge is 0.0731 e. The summed E-state index contributed by atoms with van der Waals surface area (Å²) in [7, 11) is 0. The molecule has 0 saturated heterocycles. The monoisotopic (exact) mass is 774 g/mol. The van der Waals surface area contributed by atoms with Gasteiger partial charge in [-0.05, 0) is 146 Å². The number of hydrogen-bond donors (Lipinski definition) is 0. The molecule has 0 saturated carbocycles. The molecule has 276 valence electrons. The third-order valence-electron chi connectivity index (χ3n) is 13.8. The zero-order chi connectivity index (χ0) is 39.1. The van der Waals surface area contributed by atoms with Crippen molar-refractivity contribution >= 4 is 74.6 Å². The highest BCUT2D eigenvalue weighted by molar-refractivity contribution is 7.25. The number of benzene rings is 11. The molecule has 0 bridgehead atoms. The summed E-state index contributed by atoms with van der Waals surface area (Å²) in [6.07, 6.45) is 0. The summed E-state index contributed by atoms with van der Waals surface area (Å²) < 4.78 is 2.66. The first-order valence-electron chi connectivity index (χ1n) is 20.9. The predicted molar refractivity (Wildman–Crippen MR) is 257 cm³/mol. The Morgan fingerprint density at radius 2 is 0.817 bits per heavy atom. The van der Waals surface area contributed by atoms with Gasteiger partial charge >= 0.3 is 0 Å². The van der Waals surface area contributed by atoms with Crippen LogP contribution in [0.15, 0.2) is 206 Å². The van der Waals surface area contributed by atoms with E-state index < -0.39 is 5.41 Å². The van der Waals surface area contributed by atoms with Crippen LogP contribution in [0.25, 0.3) is 108 Å². The third kappa shape index (κ3) is 4.15. The van der Waals surface area contributed by atoms with E-state index in [1.165, 1.54) is 130 Å². The van der Waals surface area contributed by atoms with E-state index >= 15 is 0 Å². The maximum atomic E-state index is 2.54. The summed E-state index contributed by atoms with van der Waals surface area (Å²) in [5, 5.41) is 12.9. The fourth-order valence-corrected chi connectivity index (χ4v) is 12.5. The molecule has 0 unspecified atom stereocenters. The van der Waals surface area contributed by atoms with Crippen molar-refractivity contribution in [3.05, 3.63) is 229 Å². The maximum absolute atomic E-state index is 2.54. The van der Waals surface area contributed by atoms with Crippen LogP contribution in [0.3, 0.4) is 0 Å². The lowest BCUT2D eigenvalue weighted by Gasteiger charge is -2.31. The Bertz CT molecular complexity index is 3740. The van der Waals surface area contributed by atoms with E-state index in [0.717, 1.165) is 0 Å². The Balaban J connectivity index is 1.04. The lowest BCUT2D eigenvalue weighted by atomic mass is 9.69. The molecular weight excluding hydrogens is 741 g/mol. The molecule has 0 amide bonds. The van der Waals surface area contributed by atoms with Crippen LogP contribution in [0, 0.1) is 0 Å². The molecule has 12 aromatic rings. The van der Waals surface area contributed by atoms with Crippen LogP contribution in [0.4, 0.5) is 0 Å². The van der Waals surface area contributed by atoms with Crippen LogP contribution < -0.4 is 0 Å². The van der Waals surface area contributed by atoms with Gasteiger partial charge in [0, 0.05) is 20.2 Å². The molecule has 1 heteroatoms. The Hall–Kier alpha value is -7.32. The van der Waals surface area contributed by atoms with Crippen LogP contribution in [0.5, 0.6) is 0 Å². The minimum absolute atomic E-state index is 0.432. The number of rotatable bonds is 2. The Morgan fingerprint density at radius 1 is 0.283 bits per heavy atom. The summed E-state index contributed by atoms with van der Waals surface area (Å²) in [5.74, 6) is 0. The van der Waals surface area contributed by atoms with Crippen molar-refractivity contribution in [3.8, 4) is 44.5 Å². The average molecular weight is 775 g/mol. The van der Waals surface area contributed by atoms with E-state index in [1.54, 1.807) is 0 Å². The SMILES string of the molecule is c1ccc2c(c1)-c1ccccc1C21c2cc3cc(-c4c5ccccc5c(-c5ccc6sc7ccccc7c6c5)c5ccccc45)ccc3cc2-c2ccc3ccccc3c21. The Kier molecular flexibility index (Phi) is 6.46. The first-order valence-corrected chi connectivity index (χ1v) is 21.7. The van der Waals surface area contributed by atoms with Crippen LogP contribution >= 0.6 is 11.3 Å². The van der Waals surface area contributed by atoms with E-state index in [2.05, 4.69) is 206 Å². The van der Waals surface area contributed by atoms with Gasteiger partial charge in [-0.1, -0.05) is 170 Å². The molecule has 1 aromatic heterocycles. The minimum Gasteiger partial charge on any atom is -0.135 e. The molecule has 60 heavy (non-hydrogen) atoms. The second-order valence-corrected chi connectivity index (χ2v) is 17.7. The van der Waals surface area contributed by atoms with Crippen molar-refractivity contribution in [2.24, 2.45) is 0 Å². The fraction of sp³-hybridized carbons (Fsp3) is 0.0169. The second-order valence-electron chi connectivity index (χ2n) is 16.7. The quantitative estimate of drug-likeness (QED) is 0.153. The van der Waals surface area contributed by atoms with Gasteiger partial charge in [0.2, 0.25) is 0 Å². The molecule has 0 N–H and O–H groups in total. The molecule has 1 heterocycles. The van der Waals surface area contributed by atoms with E-state index in [1.807, 2.05) is 11.3 Å². The number of thiophene rings is 1. The van der Waals surface area contributed by atoms with Crippen molar-refractivity contribution in [1.82, 2.24) is 0 Å². The predicted octanol–water partition coefficient (Wildman–Crippen LogP) is 16.3. The number of hydrogen-bond acceptors (Lipinski definition) is 1. The topological polar surface area (TPSA) is 0 Å². The molecule has 0 atom stereocenters. The first kappa shape index (κ1) is 32.6. The highest BCUT2D eigenvalue weighted by atomic mass is 32.1. The van der Waals surface area contributed by atoms with E-state index in [4.69, 9.17) is 0 Å². The van der Waals surface area contributed by atoms with Gasteiger partial charge in [0.15, 0.2) is 0 Å². The van der Waals surface area contributed by atoms with Gasteiger partial charge in [-0.3, -0.25) is 0 Å².